The maximum Gasteiger partial charge on any atom is 0.180 e. The van der Waals surface area contributed by atoms with Crippen LogP contribution in [0, 0.1) is 0 Å². The third kappa shape index (κ3) is 3.43. The summed E-state index contributed by atoms with van der Waals surface area (Å²) in [7, 11) is 0. The predicted octanol–water partition coefficient (Wildman–Crippen LogP) is 4.80. The number of ketones is 1. The van der Waals surface area contributed by atoms with Crippen molar-refractivity contribution < 1.29 is 4.79 Å². The van der Waals surface area contributed by atoms with Crippen LogP contribution in [0.2, 0.25) is 0 Å². The second kappa shape index (κ2) is 7.05. The Morgan fingerprint density at radius 3 is 2.09 bits per heavy atom. The molecule has 0 spiro atoms. The Labute approximate surface area is 134 Å². The maximum atomic E-state index is 12.9. The molecule has 3 aromatic rings. The van der Waals surface area contributed by atoms with Crippen LogP contribution >= 0.6 is 11.8 Å². The first kappa shape index (κ1) is 14.5. The number of carbonyl (C=O) groups is 1. The highest BCUT2D eigenvalue weighted by molar-refractivity contribution is 8.00. The number of nitrogens with zero attached hydrogens (tertiary/aromatic N) is 1. The topological polar surface area (TPSA) is 30.0 Å². The molecule has 0 saturated heterocycles. The summed E-state index contributed by atoms with van der Waals surface area (Å²) in [5, 5.41) is 0.555. The van der Waals surface area contributed by atoms with Crippen LogP contribution in [0.4, 0.5) is 0 Å². The molecule has 22 heavy (non-hydrogen) atoms. The van der Waals surface area contributed by atoms with Gasteiger partial charge in [-0.25, -0.2) is 4.98 Å². The Balaban J connectivity index is 1.95. The van der Waals surface area contributed by atoms with Crippen LogP contribution in [-0.4, -0.2) is 10.8 Å². The number of carbonyl (C=O) groups excluding carboxylic acids is 1. The molecule has 0 fully saturated rings. The van der Waals surface area contributed by atoms with E-state index in [0.717, 1.165) is 16.2 Å². The van der Waals surface area contributed by atoms with E-state index in [0.29, 0.717) is 0 Å². The van der Waals surface area contributed by atoms with Gasteiger partial charge in [-0.2, -0.15) is 0 Å². The number of thioether (sulfide) groups is 1. The zero-order chi connectivity index (χ0) is 15.2. The molecule has 0 aliphatic rings. The normalized spacial score (nSPS) is 11.8. The van der Waals surface area contributed by atoms with E-state index >= 15 is 0 Å². The van der Waals surface area contributed by atoms with E-state index in [2.05, 4.69) is 4.98 Å². The van der Waals surface area contributed by atoms with Crippen LogP contribution in [0.1, 0.15) is 21.2 Å². The van der Waals surface area contributed by atoms with Gasteiger partial charge in [-0.3, -0.25) is 4.79 Å². The first-order chi connectivity index (χ1) is 10.8. The van der Waals surface area contributed by atoms with E-state index in [-0.39, 0.29) is 11.0 Å². The predicted molar refractivity (Wildman–Crippen MR) is 90.0 cm³/mol. The van der Waals surface area contributed by atoms with Gasteiger partial charge in [-0.15, -0.1) is 0 Å². The summed E-state index contributed by atoms with van der Waals surface area (Å²) in [6, 6.07) is 25.0. The SMILES string of the molecule is O=C(c1ccccc1)[C@@H](Sc1ccccn1)c1ccccc1. The fraction of sp³-hybridized carbons (Fsp3) is 0.0526. The minimum absolute atomic E-state index is 0.0995. The number of rotatable bonds is 5. The maximum absolute atomic E-state index is 12.9. The molecular formula is C19H15NOS. The van der Waals surface area contributed by atoms with Crippen molar-refractivity contribution in [2.24, 2.45) is 0 Å². The van der Waals surface area contributed by atoms with Gasteiger partial charge in [0.1, 0.15) is 0 Å². The molecule has 1 atom stereocenters. The Kier molecular flexibility index (Phi) is 4.66. The van der Waals surface area contributed by atoms with Crippen molar-refractivity contribution in [1.82, 2.24) is 4.98 Å². The van der Waals surface area contributed by atoms with Crippen LogP contribution in [0.25, 0.3) is 0 Å². The molecule has 0 N–H and O–H groups in total. The van der Waals surface area contributed by atoms with Crippen molar-refractivity contribution in [2.75, 3.05) is 0 Å². The fourth-order valence-electron chi connectivity index (χ4n) is 2.19. The van der Waals surface area contributed by atoms with Crippen molar-refractivity contribution in [3.05, 3.63) is 96.2 Å². The summed E-state index contributed by atoms with van der Waals surface area (Å²) >= 11 is 1.48. The quantitative estimate of drug-likeness (QED) is 0.501. The van der Waals surface area contributed by atoms with Crippen LogP contribution in [0.5, 0.6) is 0 Å². The molecule has 0 radical (unpaired) electrons. The number of benzene rings is 2. The zero-order valence-electron chi connectivity index (χ0n) is 11.9. The average Bonchev–Trinajstić information content (AvgIpc) is 2.61. The molecule has 0 saturated carbocycles. The average molecular weight is 305 g/mol. The summed E-state index contributed by atoms with van der Waals surface area (Å²) in [6.07, 6.45) is 1.75. The molecule has 1 aromatic heterocycles. The Morgan fingerprint density at radius 1 is 0.818 bits per heavy atom. The Hall–Kier alpha value is -2.39. The highest BCUT2D eigenvalue weighted by Crippen LogP contribution is 2.36. The summed E-state index contributed by atoms with van der Waals surface area (Å²) in [5.74, 6) is 0.0995. The molecule has 0 aliphatic carbocycles. The Bertz CT molecular complexity index is 729. The van der Waals surface area contributed by atoms with Gasteiger partial charge in [-0.05, 0) is 17.7 Å². The first-order valence-electron chi connectivity index (χ1n) is 7.06. The lowest BCUT2D eigenvalue weighted by Crippen LogP contribution is -2.10. The molecule has 3 rings (SSSR count). The van der Waals surface area contributed by atoms with Crippen LogP contribution in [0.3, 0.4) is 0 Å². The number of hydrogen-bond acceptors (Lipinski definition) is 3. The van der Waals surface area contributed by atoms with Crippen molar-refractivity contribution in [3.8, 4) is 0 Å². The Morgan fingerprint density at radius 2 is 1.45 bits per heavy atom. The lowest BCUT2D eigenvalue weighted by atomic mass is 10.0. The smallest absolute Gasteiger partial charge is 0.180 e. The molecule has 108 valence electrons. The largest absolute Gasteiger partial charge is 0.293 e. The van der Waals surface area contributed by atoms with E-state index in [9.17, 15) is 4.79 Å². The van der Waals surface area contributed by atoms with E-state index in [1.807, 2.05) is 78.9 Å². The molecule has 0 amide bonds. The van der Waals surface area contributed by atoms with Gasteiger partial charge in [0.05, 0.1) is 10.3 Å². The van der Waals surface area contributed by atoms with Gasteiger partial charge in [0, 0.05) is 11.8 Å². The zero-order valence-corrected chi connectivity index (χ0v) is 12.7. The monoisotopic (exact) mass is 305 g/mol. The molecule has 2 aromatic carbocycles. The second-order valence-corrected chi connectivity index (χ2v) is 5.93. The molecular weight excluding hydrogens is 290 g/mol. The van der Waals surface area contributed by atoms with E-state index in [4.69, 9.17) is 0 Å². The molecule has 3 heteroatoms. The molecule has 0 bridgehead atoms. The number of hydrogen-bond donors (Lipinski definition) is 0. The highest BCUT2D eigenvalue weighted by atomic mass is 32.2. The lowest BCUT2D eigenvalue weighted by Gasteiger charge is -2.15. The van der Waals surface area contributed by atoms with E-state index in [1.165, 1.54) is 11.8 Å². The van der Waals surface area contributed by atoms with Crippen molar-refractivity contribution in [2.45, 2.75) is 10.3 Å². The summed E-state index contributed by atoms with van der Waals surface area (Å²) < 4.78 is 0. The van der Waals surface area contributed by atoms with E-state index < -0.39 is 0 Å². The molecule has 2 nitrogen and oxygen atoms in total. The van der Waals surface area contributed by atoms with Gasteiger partial charge >= 0.3 is 0 Å². The summed E-state index contributed by atoms with van der Waals surface area (Å²) in [5.41, 5.74) is 1.71. The van der Waals surface area contributed by atoms with Gasteiger partial charge in [0.15, 0.2) is 5.78 Å². The van der Waals surface area contributed by atoms with Crippen molar-refractivity contribution >= 4 is 17.5 Å². The van der Waals surface area contributed by atoms with Crippen LogP contribution in [-0.2, 0) is 0 Å². The highest BCUT2D eigenvalue weighted by Gasteiger charge is 2.23. The van der Waals surface area contributed by atoms with E-state index in [1.54, 1.807) is 6.20 Å². The third-order valence-corrected chi connectivity index (χ3v) is 4.48. The van der Waals surface area contributed by atoms with Gasteiger partial charge in [0.25, 0.3) is 0 Å². The van der Waals surface area contributed by atoms with Crippen LogP contribution in [0.15, 0.2) is 90.1 Å². The second-order valence-electron chi connectivity index (χ2n) is 4.81. The molecule has 0 aliphatic heterocycles. The summed E-state index contributed by atoms with van der Waals surface area (Å²) in [4.78, 5) is 17.2. The fourth-order valence-corrected chi connectivity index (χ4v) is 3.25. The van der Waals surface area contributed by atoms with Crippen molar-refractivity contribution in [3.63, 3.8) is 0 Å². The third-order valence-electron chi connectivity index (χ3n) is 3.28. The number of Topliss-reactive ketones (excluding diaryl/α,β-unsaturated/α-hetero) is 1. The van der Waals surface area contributed by atoms with Gasteiger partial charge in [-0.1, -0.05) is 78.5 Å². The number of pyridine rings is 1. The van der Waals surface area contributed by atoms with Gasteiger partial charge in [0.2, 0.25) is 0 Å². The molecule has 1 heterocycles. The number of aromatic nitrogens is 1. The molecule has 0 unspecified atom stereocenters. The lowest BCUT2D eigenvalue weighted by molar-refractivity contribution is 0.0989. The first-order valence-corrected chi connectivity index (χ1v) is 7.94. The standard InChI is InChI=1S/C19H15NOS/c21-18(15-9-3-1-4-10-15)19(16-11-5-2-6-12-16)22-17-13-7-8-14-20-17/h1-14,19H/t19-/m0/s1. The van der Waals surface area contributed by atoms with Crippen molar-refractivity contribution in [1.29, 1.82) is 0 Å². The minimum Gasteiger partial charge on any atom is -0.293 e. The summed E-state index contributed by atoms with van der Waals surface area (Å²) in [6.45, 7) is 0. The van der Waals surface area contributed by atoms with Gasteiger partial charge < -0.3 is 0 Å². The minimum atomic E-state index is -0.293. The van der Waals surface area contributed by atoms with Crippen LogP contribution < -0.4 is 0 Å².